The standard InChI is InChI=1S/C23H29ClF3N3O4/c1-4-17(20(34-3)29-12-8-14(9-13-29)21(32)33)30(28-2)19(31)18-15(6-5-7-16(18)24)22(10-11-22)23(25,26)27/h5-7,14,28H,4,8-13H2,1-3H3,(H,32,33)/b20-17+. The van der Waals surface area contributed by atoms with Gasteiger partial charge in [0.2, 0.25) is 5.88 Å². The number of hydrogen-bond donors (Lipinski definition) is 2. The molecule has 7 nitrogen and oxygen atoms in total. The van der Waals surface area contributed by atoms with Crippen LogP contribution in [0.5, 0.6) is 0 Å². The Morgan fingerprint density at radius 3 is 2.35 bits per heavy atom. The highest BCUT2D eigenvalue weighted by Crippen LogP contribution is 2.60. The molecular weight excluding hydrogens is 475 g/mol. The summed E-state index contributed by atoms with van der Waals surface area (Å²) < 4.78 is 47.4. The van der Waals surface area contributed by atoms with Crippen LogP contribution in [-0.4, -0.2) is 60.3 Å². The summed E-state index contributed by atoms with van der Waals surface area (Å²) in [5, 5.41) is 10.4. The van der Waals surface area contributed by atoms with Gasteiger partial charge in [0.05, 0.1) is 34.7 Å². The number of allylic oxidation sites excluding steroid dienone is 1. The van der Waals surface area contributed by atoms with Crippen LogP contribution in [0.25, 0.3) is 0 Å². The summed E-state index contributed by atoms with van der Waals surface area (Å²) in [5.41, 5.74) is 0.784. The summed E-state index contributed by atoms with van der Waals surface area (Å²) >= 11 is 6.31. The van der Waals surface area contributed by atoms with Crippen molar-refractivity contribution in [3.8, 4) is 0 Å². The molecule has 0 unspecified atom stereocenters. The molecule has 3 rings (SSSR count). The third kappa shape index (κ3) is 4.70. The Labute approximate surface area is 201 Å². The van der Waals surface area contributed by atoms with Gasteiger partial charge in [-0.25, -0.2) is 10.4 Å². The van der Waals surface area contributed by atoms with Crippen LogP contribution >= 0.6 is 11.6 Å². The van der Waals surface area contributed by atoms with Gasteiger partial charge in [-0.1, -0.05) is 30.7 Å². The first-order chi connectivity index (χ1) is 16.0. The third-order valence-corrected chi connectivity index (χ3v) is 6.95. The van der Waals surface area contributed by atoms with Crippen molar-refractivity contribution < 1.29 is 32.6 Å². The molecule has 0 aromatic heterocycles. The van der Waals surface area contributed by atoms with Crippen LogP contribution in [0.3, 0.4) is 0 Å². The SMILES string of the molecule is CC/C(=C(\OC)N1CCC(C(=O)O)CC1)N(NC)C(=O)c1c(Cl)cccc1C1(C(F)(F)F)CC1. The number of carboxylic acid groups (broad SMARTS) is 1. The lowest BCUT2D eigenvalue weighted by molar-refractivity contribution is -0.160. The quantitative estimate of drug-likeness (QED) is 0.400. The molecule has 34 heavy (non-hydrogen) atoms. The number of carboxylic acids is 1. The maximum atomic E-state index is 13.9. The van der Waals surface area contributed by atoms with Gasteiger partial charge in [0, 0.05) is 20.1 Å². The molecule has 1 aromatic carbocycles. The number of benzene rings is 1. The fourth-order valence-electron chi connectivity index (χ4n) is 4.61. The first kappa shape index (κ1) is 26.2. The number of carbonyl (C=O) groups excluding carboxylic acids is 1. The number of ether oxygens (including phenoxy) is 1. The summed E-state index contributed by atoms with van der Waals surface area (Å²) in [7, 11) is 2.93. The van der Waals surface area contributed by atoms with Crippen molar-refractivity contribution in [1.82, 2.24) is 15.3 Å². The largest absolute Gasteiger partial charge is 0.481 e. The van der Waals surface area contributed by atoms with Gasteiger partial charge >= 0.3 is 12.1 Å². The molecule has 0 radical (unpaired) electrons. The second-order valence-corrected chi connectivity index (χ2v) is 8.92. The molecular formula is C23H29ClF3N3O4. The van der Waals surface area contributed by atoms with Crippen molar-refractivity contribution in [2.75, 3.05) is 27.2 Å². The summed E-state index contributed by atoms with van der Waals surface area (Å²) in [6.45, 7) is 2.61. The minimum atomic E-state index is -4.51. The van der Waals surface area contributed by atoms with E-state index in [9.17, 15) is 27.9 Å². The fraction of sp³-hybridized carbons (Fsp3) is 0.565. The number of amides is 1. The summed E-state index contributed by atoms with van der Waals surface area (Å²) in [6.07, 6.45) is -3.57. The Bertz CT molecular complexity index is 971. The molecule has 1 saturated carbocycles. The number of hydrogen-bond acceptors (Lipinski definition) is 5. The number of piperidine rings is 1. The molecule has 2 N–H and O–H groups in total. The predicted molar refractivity (Wildman–Crippen MR) is 120 cm³/mol. The zero-order chi connectivity index (χ0) is 25.3. The third-order valence-electron chi connectivity index (χ3n) is 6.64. The average molecular weight is 504 g/mol. The van der Waals surface area contributed by atoms with Crippen molar-refractivity contribution >= 4 is 23.5 Å². The first-order valence-corrected chi connectivity index (χ1v) is 11.5. The molecule has 1 aliphatic heterocycles. The number of rotatable bonds is 8. The van der Waals surface area contributed by atoms with E-state index < -0.39 is 29.4 Å². The fourth-order valence-corrected chi connectivity index (χ4v) is 4.86. The molecule has 1 aromatic rings. The molecule has 188 valence electrons. The smallest absolute Gasteiger partial charge is 0.398 e. The molecule has 2 aliphatic rings. The van der Waals surface area contributed by atoms with Crippen molar-refractivity contribution in [2.24, 2.45) is 5.92 Å². The second-order valence-electron chi connectivity index (χ2n) is 8.52. The lowest BCUT2D eigenvalue weighted by Gasteiger charge is -2.36. The number of methoxy groups -OCH3 is 1. The molecule has 1 heterocycles. The molecule has 1 amide bonds. The van der Waals surface area contributed by atoms with Crippen LogP contribution in [0.1, 0.15) is 54.9 Å². The number of halogens is 4. The van der Waals surface area contributed by atoms with E-state index in [4.69, 9.17) is 16.3 Å². The van der Waals surface area contributed by atoms with Crippen LogP contribution in [0.4, 0.5) is 13.2 Å². The minimum absolute atomic E-state index is 0.0602. The zero-order valence-electron chi connectivity index (χ0n) is 19.3. The Balaban J connectivity index is 2.02. The van der Waals surface area contributed by atoms with Gasteiger partial charge in [0.15, 0.2) is 0 Å². The van der Waals surface area contributed by atoms with Crippen LogP contribution in [0, 0.1) is 5.92 Å². The van der Waals surface area contributed by atoms with E-state index in [2.05, 4.69) is 5.43 Å². The van der Waals surface area contributed by atoms with E-state index >= 15 is 0 Å². The van der Waals surface area contributed by atoms with Crippen molar-refractivity contribution in [2.45, 2.75) is 50.6 Å². The van der Waals surface area contributed by atoms with Gasteiger partial charge in [-0.15, -0.1) is 0 Å². The van der Waals surface area contributed by atoms with E-state index in [1.807, 2.05) is 4.90 Å². The van der Waals surface area contributed by atoms with E-state index in [1.54, 1.807) is 6.92 Å². The molecule has 1 aliphatic carbocycles. The van der Waals surface area contributed by atoms with Crippen molar-refractivity contribution in [3.63, 3.8) is 0 Å². The molecule has 11 heteroatoms. The van der Waals surface area contributed by atoms with Crippen molar-refractivity contribution in [3.05, 3.63) is 45.9 Å². The highest BCUT2D eigenvalue weighted by atomic mass is 35.5. The summed E-state index contributed by atoms with van der Waals surface area (Å²) in [5.74, 6) is -1.66. The van der Waals surface area contributed by atoms with Gasteiger partial charge in [-0.05, 0) is 43.7 Å². The van der Waals surface area contributed by atoms with Gasteiger partial charge < -0.3 is 14.7 Å². The topological polar surface area (TPSA) is 82.1 Å². The Morgan fingerprint density at radius 1 is 1.29 bits per heavy atom. The lowest BCUT2D eigenvalue weighted by atomic mass is 9.90. The summed E-state index contributed by atoms with van der Waals surface area (Å²) in [6, 6.07) is 4.15. The molecule has 1 saturated heterocycles. The lowest BCUT2D eigenvalue weighted by Crippen LogP contribution is -2.44. The Kier molecular flexibility index (Phi) is 7.72. The predicted octanol–water partition coefficient (Wildman–Crippen LogP) is 4.53. The number of likely N-dealkylation sites (tertiary alicyclic amines) is 1. The van der Waals surface area contributed by atoms with Gasteiger partial charge in [0.1, 0.15) is 0 Å². The Hall–Kier alpha value is -2.46. The Morgan fingerprint density at radius 2 is 1.91 bits per heavy atom. The molecule has 2 fully saturated rings. The maximum absolute atomic E-state index is 13.9. The van der Waals surface area contributed by atoms with Crippen LogP contribution in [0.2, 0.25) is 5.02 Å². The number of carbonyl (C=O) groups is 2. The number of aliphatic carboxylic acids is 1. The zero-order valence-corrected chi connectivity index (χ0v) is 20.1. The highest BCUT2D eigenvalue weighted by Gasteiger charge is 2.65. The number of nitrogens with one attached hydrogen (secondary N) is 1. The first-order valence-electron chi connectivity index (χ1n) is 11.1. The molecule has 0 atom stereocenters. The molecule has 0 bridgehead atoms. The number of alkyl halides is 3. The average Bonchev–Trinajstić information content (AvgIpc) is 3.61. The highest BCUT2D eigenvalue weighted by molar-refractivity contribution is 6.34. The summed E-state index contributed by atoms with van der Waals surface area (Å²) in [4.78, 5) is 26.8. The van der Waals surface area contributed by atoms with Crippen LogP contribution in [0.15, 0.2) is 29.8 Å². The number of hydrazine groups is 1. The van der Waals surface area contributed by atoms with Gasteiger partial charge in [-0.3, -0.25) is 9.59 Å². The van der Waals surface area contributed by atoms with E-state index in [0.29, 0.717) is 43.9 Å². The molecule has 0 spiro atoms. The van der Waals surface area contributed by atoms with Gasteiger partial charge in [0.25, 0.3) is 5.91 Å². The minimum Gasteiger partial charge on any atom is -0.481 e. The second kappa shape index (κ2) is 10.0. The van der Waals surface area contributed by atoms with Crippen LogP contribution < -0.4 is 5.43 Å². The monoisotopic (exact) mass is 503 g/mol. The normalized spacial score (nSPS) is 18.9. The van der Waals surface area contributed by atoms with E-state index in [0.717, 1.165) is 0 Å². The van der Waals surface area contributed by atoms with Gasteiger partial charge in [-0.2, -0.15) is 13.2 Å². The van der Waals surface area contributed by atoms with Crippen LogP contribution in [-0.2, 0) is 14.9 Å². The van der Waals surface area contributed by atoms with E-state index in [-0.39, 0.29) is 29.0 Å². The van der Waals surface area contributed by atoms with Crippen molar-refractivity contribution in [1.29, 1.82) is 0 Å². The maximum Gasteiger partial charge on any atom is 0.398 e. The van der Waals surface area contributed by atoms with E-state index in [1.165, 1.54) is 37.4 Å². The number of nitrogens with zero attached hydrogens (tertiary/aromatic N) is 2.